The third kappa shape index (κ3) is 3.23. The number of nitrogens with zero attached hydrogens (tertiary/aromatic N) is 3. The zero-order valence-corrected chi connectivity index (χ0v) is 14.0. The van der Waals surface area contributed by atoms with E-state index in [2.05, 4.69) is 15.3 Å². The number of alkyl halides is 3. The lowest BCUT2D eigenvalue weighted by Gasteiger charge is -2.11. The zero-order chi connectivity index (χ0) is 19.2. The molecule has 6 nitrogen and oxygen atoms in total. The van der Waals surface area contributed by atoms with E-state index in [1.165, 1.54) is 12.1 Å². The number of nitrogens with one attached hydrogen (secondary N) is 1. The van der Waals surface area contributed by atoms with E-state index in [-0.39, 0.29) is 11.0 Å². The summed E-state index contributed by atoms with van der Waals surface area (Å²) in [6.07, 6.45) is -4.67. The first-order valence-corrected chi connectivity index (χ1v) is 8.01. The maximum absolute atomic E-state index is 13.3. The summed E-state index contributed by atoms with van der Waals surface area (Å²) in [5.74, 6) is -1.24. The molecule has 0 atom stereocenters. The van der Waals surface area contributed by atoms with Gasteiger partial charge in [0.2, 0.25) is 11.7 Å². The Morgan fingerprint density at radius 3 is 2.70 bits per heavy atom. The van der Waals surface area contributed by atoms with E-state index in [1.54, 1.807) is 37.3 Å². The van der Waals surface area contributed by atoms with Gasteiger partial charge in [-0.05, 0) is 30.3 Å². The summed E-state index contributed by atoms with van der Waals surface area (Å²) in [6.45, 7) is 1.17. The number of halogens is 3. The van der Waals surface area contributed by atoms with Crippen LogP contribution >= 0.6 is 0 Å². The smallest absolute Gasteiger partial charge is 0.441 e. The maximum atomic E-state index is 13.3. The summed E-state index contributed by atoms with van der Waals surface area (Å²) in [5, 5.41) is 2.59. The van der Waals surface area contributed by atoms with Crippen molar-refractivity contribution in [2.75, 3.05) is 5.32 Å². The summed E-state index contributed by atoms with van der Waals surface area (Å²) in [6, 6.07) is 11.0. The van der Waals surface area contributed by atoms with Gasteiger partial charge in [-0.1, -0.05) is 12.1 Å². The van der Waals surface area contributed by atoms with Gasteiger partial charge in [0.05, 0.1) is 11.0 Å². The molecule has 0 fully saturated rings. The third-order valence-corrected chi connectivity index (χ3v) is 3.99. The van der Waals surface area contributed by atoms with E-state index in [0.29, 0.717) is 22.7 Å². The van der Waals surface area contributed by atoms with Crippen molar-refractivity contribution in [3.05, 3.63) is 54.2 Å². The van der Waals surface area contributed by atoms with E-state index >= 15 is 0 Å². The van der Waals surface area contributed by atoms with Crippen molar-refractivity contribution in [3.8, 4) is 0 Å². The van der Waals surface area contributed by atoms with E-state index in [4.69, 9.17) is 4.42 Å². The Morgan fingerprint density at radius 1 is 1.15 bits per heavy atom. The number of carbonyl (C=O) groups excluding carboxylic acids is 1. The van der Waals surface area contributed by atoms with Gasteiger partial charge in [-0.3, -0.25) is 4.79 Å². The molecule has 0 bridgehead atoms. The van der Waals surface area contributed by atoms with Gasteiger partial charge < -0.3 is 14.3 Å². The molecule has 4 aromatic rings. The molecule has 0 radical (unpaired) electrons. The van der Waals surface area contributed by atoms with Crippen molar-refractivity contribution in [3.63, 3.8) is 0 Å². The van der Waals surface area contributed by atoms with Crippen LogP contribution in [0.4, 0.5) is 18.9 Å². The van der Waals surface area contributed by atoms with E-state index in [1.807, 2.05) is 0 Å². The van der Waals surface area contributed by atoms with Crippen LogP contribution in [0.15, 0.2) is 46.9 Å². The van der Waals surface area contributed by atoms with Crippen LogP contribution in [0.25, 0.3) is 22.1 Å². The van der Waals surface area contributed by atoms with Gasteiger partial charge in [0.15, 0.2) is 11.5 Å². The van der Waals surface area contributed by atoms with Crippen molar-refractivity contribution >= 4 is 33.7 Å². The lowest BCUT2D eigenvalue weighted by molar-refractivity contribution is -0.147. The maximum Gasteiger partial charge on any atom is 0.449 e. The predicted molar refractivity (Wildman–Crippen MR) is 92.1 cm³/mol. The number of rotatable bonds is 3. The second-order valence-electron chi connectivity index (χ2n) is 5.97. The molecule has 2 aromatic heterocycles. The fraction of sp³-hybridized carbons (Fsp3) is 0.167. The molecule has 2 aromatic carbocycles. The quantitative estimate of drug-likeness (QED) is 0.585. The Labute approximate surface area is 150 Å². The van der Waals surface area contributed by atoms with Gasteiger partial charge in [-0.25, -0.2) is 9.97 Å². The highest BCUT2D eigenvalue weighted by molar-refractivity contribution is 5.93. The number of aromatic nitrogens is 3. The van der Waals surface area contributed by atoms with Crippen LogP contribution in [0, 0.1) is 6.92 Å². The van der Waals surface area contributed by atoms with Gasteiger partial charge in [0.1, 0.15) is 12.1 Å². The SMILES string of the molecule is Cc1nc2cc(NC(=O)Cn3c(C(F)(F)F)nc4ccccc43)ccc2o1. The van der Waals surface area contributed by atoms with Crippen LogP contribution in [0.3, 0.4) is 0 Å². The topological polar surface area (TPSA) is 73.0 Å². The normalized spacial score (nSPS) is 12.0. The Hall–Kier alpha value is -3.36. The molecule has 9 heteroatoms. The summed E-state index contributed by atoms with van der Waals surface area (Å²) in [4.78, 5) is 20.2. The number of imidazole rings is 1. The zero-order valence-electron chi connectivity index (χ0n) is 14.0. The van der Waals surface area contributed by atoms with Crippen LogP contribution in [0.1, 0.15) is 11.7 Å². The minimum atomic E-state index is -4.67. The number of oxazole rings is 1. The van der Waals surface area contributed by atoms with Crippen molar-refractivity contribution in [2.24, 2.45) is 0 Å². The number of hydrogen-bond acceptors (Lipinski definition) is 4. The highest BCUT2D eigenvalue weighted by Crippen LogP contribution is 2.31. The lowest BCUT2D eigenvalue weighted by atomic mass is 10.3. The second kappa shape index (κ2) is 6.11. The van der Waals surface area contributed by atoms with Crippen LogP contribution in [-0.2, 0) is 17.5 Å². The standard InChI is InChI=1S/C18H13F3N4O2/c1-10-22-13-8-11(6-7-15(13)27-10)23-16(26)9-25-14-5-3-2-4-12(14)24-17(25)18(19,20)21/h2-8H,9H2,1H3,(H,23,26). The van der Waals surface area contributed by atoms with Gasteiger partial charge in [0.25, 0.3) is 0 Å². The molecule has 0 unspecified atom stereocenters. The number of hydrogen-bond donors (Lipinski definition) is 1. The van der Waals surface area contributed by atoms with Crippen molar-refractivity contribution in [1.82, 2.24) is 14.5 Å². The molecule has 0 saturated carbocycles. The highest BCUT2D eigenvalue weighted by Gasteiger charge is 2.38. The first-order chi connectivity index (χ1) is 12.8. The Morgan fingerprint density at radius 2 is 1.93 bits per heavy atom. The Balaban J connectivity index is 1.63. The molecule has 1 amide bonds. The van der Waals surface area contributed by atoms with Crippen LogP contribution in [0.2, 0.25) is 0 Å². The van der Waals surface area contributed by atoms with Crippen LogP contribution in [0.5, 0.6) is 0 Å². The first-order valence-electron chi connectivity index (χ1n) is 8.01. The van der Waals surface area contributed by atoms with Crippen molar-refractivity contribution in [2.45, 2.75) is 19.6 Å². The highest BCUT2D eigenvalue weighted by atomic mass is 19.4. The van der Waals surface area contributed by atoms with Crippen molar-refractivity contribution < 1.29 is 22.4 Å². The fourth-order valence-corrected chi connectivity index (χ4v) is 2.92. The molecule has 4 rings (SSSR count). The average molecular weight is 374 g/mol. The predicted octanol–water partition coefficient (Wildman–Crippen LogP) is 4.14. The van der Waals surface area contributed by atoms with E-state index < -0.39 is 24.5 Å². The van der Waals surface area contributed by atoms with Gasteiger partial charge in [-0.2, -0.15) is 13.2 Å². The largest absolute Gasteiger partial charge is 0.449 e. The van der Waals surface area contributed by atoms with Crippen LogP contribution in [-0.4, -0.2) is 20.4 Å². The number of carbonyl (C=O) groups is 1. The minimum Gasteiger partial charge on any atom is -0.441 e. The molecule has 0 aliphatic carbocycles. The number of fused-ring (bicyclic) bond motifs is 2. The van der Waals surface area contributed by atoms with Crippen molar-refractivity contribution in [1.29, 1.82) is 0 Å². The fourth-order valence-electron chi connectivity index (χ4n) is 2.92. The average Bonchev–Trinajstić information content (AvgIpc) is 3.14. The molecule has 1 N–H and O–H groups in total. The lowest BCUT2D eigenvalue weighted by Crippen LogP contribution is -2.23. The number of aryl methyl sites for hydroxylation is 1. The molecular formula is C18H13F3N4O2. The molecule has 138 valence electrons. The molecule has 27 heavy (non-hydrogen) atoms. The summed E-state index contributed by atoms with van der Waals surface area (Å²) < 4.78 is 46.1. The second-order valence-corrected chi connectivity index (χ2v) is 5.97. The monoisotopic (exact) mass is 374 g/mol. The minimum absolute atomic E-state index is 0.178. The molecule has 0 saturated heterocycles. The number of benzene rings is 2. The molecule has 2 heterocycles. The molecule has 0 aliphatic heterocycles. The number of amides is 1. The van der Waals surface area contributed by atoms with E-state index in [0.717, 1.165) is 4.57 Å². The number of anilines is 1. The Kier molecular flexibility index (Phi) is 3.87. The van der Waals surface area contributed by atoms with Gasteiger partial charge >= 0.3 is 6.18 Å². The van der Waals surface area contributed by atoms with Gasteiger partial charge in [-0.15, -0.1) is 0 Å². The first kappa shape index (κ1) is 17.1. The summed E-state index contributed by atoms with van der Waals surface area (Å²) >= 11 is 0. The molecular weight excluding hydrogens is 361 g/mol. The summed E-state index contributed by atoms with van der Waals surface area (Å²) in [7, 11) is 0. The number of para-hydroxylation sites is 2. The Bertz CT molecular complexity index is 1160. The third-order valence-electron chi connectivity index (χ3n) is 3.99. The van der Waals surface area contributed by atoms with Crippen LogP contribution < -0.4 is 5.32 Å². The van der Waals surface area contributed by atoms with E-state index in [9.17, 15) is 18.0 Å². The summed E-state index contributed by atoms with van der Waals surface area (Å²) in [5.41, 5.74) is 1.94. The van der Waals surface area contributed by atoms with Gasteiger partial charge in [0, 0.05) is 12.6 Å². The molecule has 0 aliphatic rings. The molecule has 0 spiro atoms.